The first-order valence-electron chi connectivity index (χ1n) is 8.39. The number of ether oxygens (including phenoxy) is 1. The normalized spacial score (nSPS) is 22.2. The molecule has 0 amide bonds. The van der Waals surface area contributed by atoms with Crippen LogP contribution < -0.4 is 4.74 Å². The second-order valence-electron chi connectivity index (χ2n) is 6.08. The van der Waals surface area contributed by atoms with E-state index in [-0.39, 0.29) is 11.7 Å². The van der Waals surface area contributed by atoms with Crippen molar-refractivity contribution in [2.45, 2.75) is 58.3 Å². The molecule has 0 radical (unpaired) electrons. The number of allylic oxidation sites excluding steroid dienone is 2. The molecule has 0 bridgehead atoms. The molecule has 0 aliphatic heterocycles. The zero-order valence-electron chi connectivity index (χ0n) is 13.6. The van der Waals surface area contributed by atoms with Gasteiger partial charge in [-0.2, -0.15) is 4.39 Å². The monoisotopic (exact) mass is 308 g/mol. The largest absolute Gasteiger partial charge is 0.491 e. The standard InChI is InChI=1S/C19H26F2O/c1-3-5-6-7-14-8-10-15(11-9-14)16-12-13-17(22-4-2)19(21)18(16)20/h3,5,12-15H,4,6-11H2,1-2H3/b5-3+. The van der Waals surface area contributed by atoms with Crippen molar-refractivity contribution in [3.05, 3.63) is 41.5 Å². The topological polar surface area (TPSA) is 9.23 Å². The van der Waals surface area contributed by atoms with Gasteiger partial charge in [-0.15, -0.1) is 0 Å². The Morgan fingerprint density at radius 1 is 1.14 bits per heavy atom. The molecule has 0 unspecified atom stereocenters. The summed E-state index contributed by atoms with van der Waals surface area (Å²) in [7, 11) is 0. The van der Waals surface area contributed by atoms with Gasteiger partial charge in [-0.1, -0.05) is 18.2 Å². The van der Waals surface area contributed by atoms with Gasteiger partial charge in [0.1, 0.15) is 0 Å². The number of halogens is 2. The number of benzene rings is 1. The van der Waals surface area contributed by atoms with Crippen LogP contribution in [-0.2, 0) is 0 Å². The van der Waals surface area contributed by atoms with Gasteiger partial charge in [0.25, 0.3) is 0 Å². The van der Waals surface area contributed by atoms with E-state index in [1.807, 2.05) is 6.92 Å². The van der Waals surface area contributed by atoms with Gasteiger partial charge < -0.3 is 4.74 Å². The molecule has 1 aliphatic carbocycles. The van der Waals surface area contributed by atoms with Gasteiger partial charge in [0.05, 0.1) is 6.61 Å². The van der Waals surface area contributed by atoms with Gasteiger partial charge in [0.15, 0.2) is 11.6 Å². The summed E-state index contributed by atoms with van der Waals surface area (Å²) in [6.07, 6.45) is 10.7. The quantitative estimate of drug-likeness (QED) is 0.586. The lowest BCUT2D eigenvalue weighted by Crippen LogP contribution is -2.15. The first-order chi connectivity index (χ1) is 10.7. The van der Waals surface area contributed by atoms with Crippen molar-refractivity contribution in [2.24, 2.45) is 5.92 Å². The van der Waals surface area contributed by atoms with Crippen LogP contribution in [0.3, 0.4) is 0 Å². The number of hydrogen-bond donors (Lipinski definition) is 0. The highest BCUT2D eigenvalue weighted by molar-refractivity contribution is 5.33. The fourth-order valence-electron chi connectivity index (χ4n) is 3.39. The minimum absolute atomic E-state index is 0.0174. The molecule has 1 fully saturated rings. The van der Waals surface area contributed by atoms with E-state index in [9.17, 15) is 8.78 Å². The summed E-state index contributed by atoms with van der Waals surface area (Å²) in [6.45, 7) is 4.15. The van der Waals surface area contributed by atoms with Crippen LogP contribution in [0.4, 0.5) is 8.78 Å². The first-order valence-corrected chi connectivity index (χ1v) is 8.39. The highest BCUT2D eigenvalue weighted by atomic mass is 19.2. The van der Waals surface area contributed by atoms with Crippen LogP contribution in [0.5, 0.6) is 5.75 Å². The van der Waals surface area contributed by atoms with Gasteiger partial charge in [0, 0.05) is 0 Å². The first kappa shape index (κ1) is 17.0. The van der Waals surface area contributed by atoms with Crippen molar-refractivity contribution in [1.82, 2.24) is 0 Å². The van der Waals surface area contributed by atoms with Gasteiger partial charge in [-0.25, -0.2) is 4.39 Å². The molecule has 1 aliphatic rings. The Balaban J connectivity index is 1.98. The molecule has 122 valence electrons. The summed E-state index contributed by atoms with van der Waals surface area (Å²) in [4.78, 5) is 0. The van der Waals surface area contributed by atoms with Gasteiger partial charge in [0.2, 0.25) is 5.82 Å². The van der Waals surface area contributed by atoms with Crippen molar-refractivity contribution >= 4 is 0 Å². The Morgan fingerprint density at radius 2 is 1.86 bits per heavy atom. The third kappa shape index (κ3) is 4.08. The average molecular weight is 308 g/mol. The molecule has 0 N–H and O–H groups in total. The van der Waals surface area contributed by atoms with Gasteiger partial charge >= 0.3 is 0 Å². The van der Waals surface area contributed by atoms with Crippen LogP contribution in [0.15, 0.2) is 24.3 Å². The Bertz CT molecular complexity index is 502. The van der Waals surface area contributed by atoms with E-state index in [2.05, 4.69) is 12.2 Å². The zero-order valence-corrected chi connectivity index (χ0v) is 13.6. The summed E-state index contributed by atoms with van der Waals surface area (Å²) in [5, 5.41) is 0. The lowest BCUT2D eigenvalue weighted by atomic mass is 9.77. The second-order valence-corrected chi connectivity index (χ2v) is 6.08. The molecular weight excluding hydrogens is 282 g/mol. The Labute approximate surface area is 132 Å². The molecule has 0 aromatic heterocycles. The average Bonchev–Trinajstić information content (AvgIpc) is 2.53. The van der Waals surface area contributed by atoms with Gasteiger partial charge in [-0.3, -0.25) is 0 Å². The summed E-state index contributed by atoms with van der Waals surface area (Å²) >= 11 is 0. The van der Waals surface area contributed by atoms with Gasteiger partial charge in [-0.05, 0) is 75.8 Å². The molecular formula is C19H26F2O. The molecule has 0 atom stereocenters. The fourth-order valence-corrected chi connectivity index (χ4v) is 3.39. The second kappa shape index (κ2) is 8.30. The molecule has 0 heterocycles. The third-order valence-corrected chi connectivity index (χ3v) is 4.64. The van der Waals surface area contributed by atoms with Crippen LogP contribution in [0.1, 0.15) is 63.9 Å². The summed E-state index contributed by atoms with van der Waals surface area (Å²) in [5.74, 6) is -0.673. The Kier molecular flexibility index (Phi) is 6.41. The molecule has 2 rings (SSSR count). The Morgan fingerprint density at radius 3 is 2.50 bits per heavy atom. The molecule has 1 nitrogen and oxygen atoms in total. The van der Waals surface area contributed by atoms with Crippen molar-refractivity contribution in [3.63, 3.8) is 0 Å². The smallest absolute Gasteiger partial charge is 0.200 e. The summed E-state index contributed by atoms with van der Waals surface area (Å²) < 4.78 is 33.3. The van der Waals surface area contributed by atoms with E-state index in [0.29, 0.717) is 12.2 Å². The maximum absolute atomic E-state index is 14.3. The van der Waals surface area contributed by atoms with Crippen molar-refractivity contribution < 1.29 is 13.5 Å². The van der Waals surface area contributed by atoms with Crippen LogP contribution >= 0.6 is 0 Å². The molecule has 1 aromatic rings. The molecule has 1 aromatic carbocycles. The Hall–Kier alpha value is -1.38. The van der Waals surface area contributed by atoms with E-state index in [0.717, 1.165) is 38.0 Å². The zero-order chi connectivity index (χ0) is 15.9. The predicted octanol–water partition coefficient (Wildman–Crippen LogP) is 5.99. The van der Waals surface area contributed by atoms with E-state index in [1.54, 1.807) is 19.1 Å². The van der Waals surface area contributed by atoms with Crippen LogP contribution in [0.2, 0.25) is 0 Å². The van der Waals surface area contributed by atoms with Crippen molar-refractivity contribution in [1.29, 1.82) is 0 Å². The highest BCUT2D eigenvalue weighted by Crippen LogP contribution is 2.39. The maximum Gasteiger partial charge on any atom is 0.200 e. The highest BCUT2D eigenvalue weighted by Gasteiger charge is 2.26. The summed E-state index contributed by atoms with van der Waals surface area (Å²) in [5.41, 5.74) is 0.521. The van der Waals surface area contributed by atoms with Crippen molar-refractivity contribution in [3.8, 4) is 5.75 Å². The van der Waals surface area contributed by atoms with E-state index in [1.165, 1.54) is 6.42 Å². The lowest BCUT2D eigenvalue weighted by Gasteiger charge is -2.29. The van der Waals surface area contributed by atoms with Crippen LogP contribution in [0.25, 0.3) is 0 Å². The molecule has 3 heteroatoms. The van der Waals surface area contributed by atoms with E-state index >= 15 is 0 Å². The number of rotatable bonds is 6. The minimum Gasteiger partial charge on any atom is -0.491 e. The summed E-state index contributed by atoms with van der Waals surface area (Å²) in [6, 6.07) is 3.27. The number of hydrogen-bond acceptors (Lipinski definition) is 1. The molecule has 0 saturated heterocycles. The predicted molar refractivity (Wildman–Crippen MR) is 86.3 cm³/mol. The molecule has 0 spiro atoms. The van der Waals surface area contributed by atoms with E-state index in [4.69, 9.17) is 4.74 Å². The third-order valence-electron chi connectivity index (χ3n) is 4.64. The van der Waals surface area contributed by atoms with E-state index < -0.39 is 11.6 Å². The van der Waals surface area contributed by atoms with Crippen molar-refractivity contribution in [2.75, 3.05) is 6.61 Å². The lowest BCUT2D eigenvalue weighted by molar-refractivity contribution is 0.297. The molecule has 1 saturated carbocycles. The van der Waals surface area contributed by atoms with Crippen LogP contribution in [0, 0.1) is 17.6 Å². The minimum atomic E-state index is -0.838. The fraction of sp³-hybridized carbons (Fsp3) is 0.579. The SMILES string of the molecule is C/C=C/CCC1CCC(c2ccc(OCC)c(F)c2F)CC1. The maximum atomic E-state index is 14.3. The van der Waals surface area contributed by atoms with Crippen LogP contribution in [-0.4, -0.2) is 6.61 Å². The molecule has 22 heavy (non-hydrogen) atoms.